The first-order valence-electron chi connectivity index (χ1n) is 7.66. The molecular formula is C17H18N4O3. The van der Waals surface area contributed by atoms with Gasteiger partial charge in [0, 0.05) is 17.0 Å². The number of hydrogen-bond donors (Lipinski definition) is 0. The van der Waals surface area contributed by atoms with Gasteiger partial charge in [0.25, 0.3) is 5.95 Å². The number of carbonyl (C=O) groups excluding carboxylic acids is 1. The van der Waals surface area contributed by atoms with Crippen molar-refractivity contribution in [3.8, 4) is 11.8 Å². The second kappa shape index (κ2) is 6.27. The Kier molecular flexibility index (Phi) is 4.16. The number of aromatic nitrogens is 4. The summed E-state index contributed by atoms with van der Waals surface area (Å²) in [7, 11) is 0. The Morgan fingerprint density at radius 2 is 1.96 bits per heavy atom. The van der Waals surface area contributed by atoms with Crippen LogP contribution in [0.15, 0.2) is 28.9 Å². The number of furan rings is 1. The summed E-state index contributed by atoms with van der Waals surface area (Å²) in [6, 6.07) is 5.05. The molecule has 7 nitrogen and oxygen atoms in total. The molecule has 0 amide bonds. The van der Waals surface area contributed by atoms with Crippen LogP contribution in [0.2, 0.25) is 0 Å². The topological polar surface area (TPSA) is 83.0 Å². The minimum atomic E-state index is -0.583. The molecule has 0 bridgehead atoms. The van der Waals surface area contributed by atoms with E-state index in [4.69, 9.17) is 9.15 Å². The standard InChI is InChI=1S/C17H18N4O3/c1-5-13-12(4)20-21(17-18-10(2)9-11(3)19-17)15(13)24-16(22)14-7-6-8-23-14/h6-9H,5H2,1-4H3. The fourth-order valence-electron chi connectivity index (χ4n) is 2.52. The quantitative estimate of drug-likeness (QED) is 0.685. The molecule has 0 fully saturated rings. The normalized spacial score (nSPS) is 10.8. The number of aryl methyl sites for hydroxylation is 3. The summed E-state index contributed by atoms with van der Waals surface area (Å²) in [5.74, 6) is 0.239. The van der Waals surface area contributed by atoms with Gasteiger partial charge in [0.2, 0.25) is 11.6 Å². The molecular weight excluding hydrogens is 308 g/mol. The molecule has 3 rings (SSSR count). The van der Waals surface area contributed by atoms with Crippen molar-refractivity contribution in [1.82, 2.24) is 19.7 Å². The lowest BCUT2D eigenvalue weighted by Crippen LogP contribution is -2.14. The fourth-order valence-corrected chi connectivity index (χ4v) is 2.52. The zero-order valence-corrected chi connectivity index (χ0v) is 14.0. The first kappa shape index (κ1) is 15.9. The highest BCUT2D eigenvalue weighted by Crippen LogP contribution is 2.26. The van der Waals surface area contributed by atoms with E-state index in [0.29, 0.717) is 18.2 Å². The summed E-state index contributed by atoms with van der Waals surface area (Å²) in [4.78, 5) is 21.1. The van der Waals surface area contributed by atoms with Gasteiger partial charge in [-0.3, -0.25) is 0 Å². The van der Waals surface area contributed by atoms with Crippen LogP contribution < -0.4 is 4.74 Å². The molecule has 7 heteroatoms. The van der Waals surface area contributed by atoms with Gasteiger partial charge in [-0.05, 0) is 45.4 Å². The lowest BCUT2D eigenvalue weighted by atomic mass is 10.2. The zero-order valence-electron chi connectivity index (χ0n) is 14.0. The Labute approximate surface area is 139 Å². The Morgan fingerprint density at radius 3 is 2.54 bits per heavy atom. The van der Waals surface area contributed by atoms with Gasteiger partial charge < -0.3 is 9.15 Å². The summed E-state index contributed by atoms with van der Waals surface area (Å²) >= 11 is 0. The van der Waals surface area contributed by atoms with Crippen molar-refractivity contribution in [1.29, 1.82) is 0 Å². The average Bonchev–Trinajstić information content (AvgIpc) is 3.14. The lowest BCUT2D eigenvalue weighted by Gasteiger charge is -2.08. The molecule has 0 unspecified atom stereocenters. The monoisotopic (exact) mass is 326 g/mol. The van der Waals surface area contributed by atoms with Crippen LogP contribution >= 0.6 is 0 Å². The summed E-state index contributed by atoms with van der Waals surface area (Å²) in [5.41, 5.74) is 3.22. The number of esters is 1. The highest BCUT2D eigenvalue weighted by atomic mass is 16.6. The van der Waals surface area contributed by atoms with E-state index in [-0.39, 0.29) is 5.76 Å². The number of ether oxygens (including phenoxy) is 1. The van der Waals surface area contributed by atoms with Crippen molar-refractivity contribution < 1.29 is 13.9 Å². The smallest absolute Gasteiger partial charge is 0.380 e. The summed E-state index contributed by atoms with van der Waals surface area (Å²) < 4.78 is 12.1. The number of carbonyl (C=O) groups is 1. The largest absolute Gasteiger partial charge is 0.457 e. The third-order valence-electron chi connectivity index (χ3n) is 3.56. The van der Waals surface area contributed by atoms with Crippen molar-refractivity contribution in [2.45, 2.75) is 34.1 Å². The molecule has 0 aliphatic heterocycles. The third kappa shape index (κ3) is 2.92. The minimum Gasteiger partial charge on any atom is -0.457 e. The van der Waals surface area contributed by atoms with Crippen molar-refractivity contribution in [2.75, 3.05) is 0 Å². The van der Waals surface area contributed by atoms with E-state index in [1.54, 1.807) is 12.1 Å². The van der Waals surface area contributed by atoms with Crippen LogP contribution in [0, 0.1) is 20.8 Å². The van der Waals surface area contributed by atoms with Gasteiger partial charge in [-0.25, -0.2) is 14.8 Å². The van der Waals surface area contributed by atoms with Crippen molar-refractivity contribution in [3.05, 3.63) is 52.9 Å². The summed E-state index contributed by atoms with van der Waals surface area (Å²) in [6.07, 6.45) is 2.09. The summed E-state index contributed by atoms with van der Waals surface area (Å²) in [6.45, 7) is 7.59. The SMILES string of the molecule is CCc1c(C)nn(-c2nc(C)cc(C)n2)c1OC(=O)c1ccco1. The van der Waals surface area contributed by atoms with E-state index in [9.17, 15) is 4.79 Å². The van der Waals surface area contributed by atoms with E-state index in [2.05, 4.69) is 15.1 Å². The maximum absolute atomic E-state index is 12.3. The van der Waals surface area contributed by atoms with Crippen molar-refractivity contribution in [3.63, 3.8) is 0 Å². The predicted octanol–water partition coefficient (Wildman–Crippen LogP) is 2.96. The first-order chi connectivity index (χ1) is 11.5. The predicted molar refractivity (Wildman–Crippen MR) is 86.4 cm³/mol. The first-order valence-corrected chi connectivity index (χ1v) is 7.66. The van der Waals surface area contributed by atoms with Gasteiger partial charge in [0.15, 0.2) is 0 Å². The molecule has 0 radical (unpaired) electrons. The van der Waals surface area contributed by atoms with Crippen molar-refractivity contribution in [2.24, 2.45) is 0 Å². The third-order valence-corrected chi connectivity index (χ3v) is 3.56. The van der Waals surface area contributed by atoms with Crippen LogP contribution in [0.25, 0.3) is 5.95 Å². The molecule has 3 aromatic rings. The van der Waals surface area contributed by atoms with Gasteiger partial charge in [-0.1, -0.05) is 6.92 Å². The highest BCUT2D eigenvalue weighted by Gasteiger charge is 2.23. The molecule has 0 aliphatic rings. The molecule has 0 aromatic carbocycles. The molecule has 0 aliphatic carbocycles. The van der Waals surface area contributed by atoms with E-state index in [0.717, 1.165) is 22.6 Å². The molecule has 0 spiro atoms. The van der Waals surface area contributed by atoms with E-state index < -0.39 is 5.97 Å². The Bertz CT molecular complexity index is 861. The van der Waals surface area contributed by atoms with E-state index >= 15 is 0 Å². The van der Waals surface area contributed by atoms with Gasteiger partial charge in [0.05, 0.1) is 12.0 Å². The average molecular weight is 326 g/mol. The molecule has 0 saturated heterocycles. The second-order valence-electron chi connectivity index (χ2n) is 5.45. The number of nitrogens with zero attached hydrogens (tertiary/aromatic N) is 4. The number of hydrogen-bond acceptors (Lipinski definition) is 6. The van der Waals surface area contributed by atoms with E-state index in [1.165, 1.54) is 10.9 Å². The fraction of sp³-hybridized carbons (Fsp3) is 0.294. The Hall–Kier alpha value is -2.96. The molecule has 3 aromatic heterocycles. The minimum absolute atomic E-state index is 0.129. The molecule has 0 N–H and O–H groups in total. The van der Waals surface area contributed by atoms with Crippen LogP contribution in [0.4, 0.5) is 0 Å². The van der Waals surface area contributed by atoms with Gasteiger partial charge >= 0.3 is 5.97 Å². The highest BCUT2D eigenvalue weighted by molar-refractivity contribution is 5.88. The maximum atomic E-state index is 12.3. The lowest BCUT2D eigenvalue weighted by molar-refractivity contribution is 0.0687. The van der Waals surface area contributed by atoms with Crippen molar-refractivity contribution >= 4 is 5.97 Å². The van der Waals surface area contributed by atoms with Crippen LogP contribution in [-0.2, 0) is 6.42 Å². The Balaban J connectivity index is 2.08. The zero-order chi connectivity index (χ0) is 17.3. The molecule has 3 heterocycles. The van der Waals surface area contributed by atoms with Gasteiger partial charge in [0.1, 0.15) is 0 Å². The van der Waals surface area contributed by atoms with Gasteiger partial charge in [-0.15, -0.1) is 0 Å². The molecule has 0 atom stereocenters. The van der Waals surface area contributed by atoms with E-state index in [1.807, 2.05) is 33.8 Å². The van der Waals surface area contributed by atoms with Crippen LogP contribution in [0.3, 0.4) is 0 Å². The molecule has 24 heavy (non-hydrogen) atoms. The summed E-state index contributed by atoms with van der Waals surface area (Å²) in [5, 5.41) is 4.45. The van der Waals surface area contributed by atoms with Crippen LogP contribution in [0.1, 0.15) is 40.1 Å². The Morgan fingerprint density at radius 1 is 1.25 bits per heavy atom. The van der Waals surface area contributed by atoms with Crippen LogP contribution in [-0.4, -0.2) is 25.7 Å². The maximum Gasteiger partial charge on any atom is 0.380 e. The van der Waals surface area contributed by atoms with Crippen LogP contribution in [0.5, 0.6) is 5.88 Å². The second-order valence-corrected chi connectivity index (χ2v) is 5.45. The molecule has 124 valence electrons. The number of rotatable bonds is 4. The molecule has 0 saturated carbocycles. The van der Waals surface area contributed by atoms with Gasteiger partial charge in [-0.2, -0.15) is 9.78 Å².